The molecule has 0 aromatic heterocycles. The Kier molecular flexibility index (Phi) is 9.13. The maximum atomic E-state index is 14.7. The van der Waals surface area contributed by atoms with Crippen molar-refractivity contribution in [3.63, 3.8) is 0 Å². The van der Waals surface area contributed by atoms with Crippen molar-refractivity contribution in [2.75, 3.05) is 13.2 Å². The molecule has 0 radical (unpaired) electrons. The summed E-state index contributed by atoms with van der Waals surface area (Å²) in [6.45, 7) is 5.28. The van der Waals surface area contributed by atoms with Crippen LogP contribution in [0.3, 0.4) is 0 Å². The summed E-state index contributed by atoms with van der Waals surface area (Å²) in [7, 11) is 0. The van der Waals surface area contributed by atoms with Crippen LogP contribution in [-0.4, -0.2) is 13.2 Å². The molecule has 0 bridgehead atoms. The molecule has 0 N–H and O–H groups in total. The van der Waals surface area contributed by atoms with Crippen LogP contribution < -0.4 is 4.74 Å². The molecule has 3 aromatic rings. The molecule has 2 fully saturated rings. The van der Waals surface area contributed by atoms with Crippen molar-refractivity contribution >= 4 is 0 Å². The highest BCUT2D eigenvalue weighted by Gasteiger charge is 2.31. The second-order valence-electron chi connectivity index (χ2n) is 11.1. The number of hydrogen-bond acceptors (Lipinski definition) is 2. The molecule has 1 saturated heterocycles. The van der Waals surface area contributed by atoms with E-state index in [9.17, 15) is 8.78 Å². The number of hydrogen-bond donors (Lipinski definition) is 0. The van der Waals surface area contributed by atoms with Gasteiger partial charge in [0, 0.05) is 5.56 Å². The van der Waals surface area contributed by atoms with Gasteiger partial charge in [0.15, 0.2) is 11.6 Å². The Labute approximate surface area is 232 Å². The Bertz CT molecular complexity index is 1230. The third kappa shape index (κ3) is 6.44. The molecule has 2 unspecified atom stereocenters. The van der Waals surface area contributed by atoms with Crippen LogP contribution in [0.15, 0.2) is 72.8 Å². The van der Waals surface area contributed by atoms with Gasteiger partial charge in [0.2, 0.25) is 5.82 Å². The first-order valence-corrected chi connectivity index (χ1v) is 14.6. The summed E-state index contributed by atoms with van der Waals surface area (Å²) in [6.07, 6.45) is 13.1. The van der Waals surface area contributed by atoms with Crippen LogP contribution >= 0.6 is 0 Å². The fourth-order valence-electron chi connectivity index (χ4n) is 6.30. The highest BCUT2D eigenvalue weighted by atomic mass is 19.2. The van der Waals surface area contributed by atoms with Gasteiger partial charge in [-0.3, -0.25) is 0 Å². The predicted molar refractivity (Wildman–Crippen MR) is 155 cm³/mol. The van der Waals surface area contributed by atoms with E-state index in [1.807, 2.05) is 31.2 Å². The zero-order valence-electron chi connectivity index (χ0n) is 23.2. The lowest BCUT2D eigenvalue weighted by Gasteiger charge is -2.37. The highest BCUT2D eigenvalue weighted by Crippen LogP contribution is 2.41. The Morgan fingerprint density at radius 2 is 1.41 bits per heavy atom. The quantitative estimate of drug-likeness (QED) is 0.270. The van der Waals surface area contributed by atoms with Gasteiger partial charge in [-0.05, 0) is 104 Å². The van der Waals surface area contributed by atoms with Crippen LogP contribution in [0.2, 0.25) is 0 Å². The Morgan fingerprint density at radius 1 is 0.769 bits per heavy atom. The van der Waals surface area contributed by atoms with E-state index < -0.39 is 11.6 Å². The summed E-state index contributed by atoms with van der Waals surface area (Å²) in [5.74, 6) is 0.434. The maximum Gasteiger partial charge on any atom is 0.201 e. The van der Waals surface area contributed by atoms with Gasteiger partial charge in [-0.15, -0.1) is 0 Å². The van der Waals surface area contributed by atoms with Crippen LogP contribution in [0.5, 0.6) is 5.75 Å². The lowest BCUT2D eigenvalue weighted by atomic mass is 9.73. The summed E-state index contributed by atoms with van der Waals surface area (Å²) in [6, 6.07) is 19.3. The molecule has 206 valence electrons. The average molecular weight is 531 g/mol. The summed E-state index contributed by atoms with van der Waals surface area (Å²) in [5, 5.41) is 0. The van der Waals surface area contributed by atoms with Gasteiger partial charge in [0.1, 0.15) is 0 Å². The summed E-state index contributed by atoms with van der Waals surface area (Å²) < 4.78 is 40.9. The molecule has 0 spiro atoms. The molecule has 1 heterocycles. The normalized spacial score (nSPS) is 23.7. The van der Waals surface area contributed by atoms with E-state index in [0.717, 1.165) is 42.4 Å². The van der Waals surface area contributed by atoms with Crippen LogP contribution in [-0.2, 0) is 4.74 Å². The van der Waals surface area contributed by atoms with E-state index in [1.165, 1.54) is 43.7 Å². The number of allylic oxidation sites excluding steroid dienone is 2. The third-order valence-corrected chi connectivity index (χ3v) is 8.58. The second-order valence-corrected chi connectivity index (χ2v) is 11.1. The van der Waals surface area contributed by atoms with Gasteiger partial charge in [-0.1, -0.05) is 67.6 Å². The largest absolute Gasteiger partial charge is 0.490 e. The van der Waals surface area contributed by atoms with Crippen LogP contribution in [0.1, 0.15) is 70.5 Å². The fourth-order valence-corrected chi connectivity index (χ4v) is 6.30. The Balaban J connectivity index is 1.18. The molecule has 1 saturated carbocycles. The minimum atomic E-state index is -0.936. The predicted octanol–water partition coefficient (Wildman–Crippen LogP) is 9.94. The minimum absolute atomic E-state index is 0.0422. The number of halogens is 2. The molecule has 1 aliphatic heterocycles. The molecule has 0 amide bonds. The fraction of sp³-hybridized carbons (Fsp3) is 0.429. The lowest BCUT2D eigenvalue weighted by molar-refractivity contribution is -0.0395. The highest BCUT2D eigenvalue weighted by molar-refractivity contribution is 5.71. The van der Waals surface area contributed by atoms with Gasteiger partial charge in [0.25, 0.3) is 0 Å². The number of benzene rings is 3. The molecule has 4 heteroatoms. The molecule has 3 aromatic carbocycles. The maximum absolute atomic E-state index is 14.7. The first kappa shape index (κ1) is 27.6. The zero-order valence-corrected chi connectivity index (χ0v) is 23.2. The van der Waals surface area contributed by atoms with Crippen molar-refractivity contribution in [2.24, 2.45) is 17.8 Å². The van der Waals surface area contributed by atoms with E-state index in [0.29, 0.717) is 18.1 Å². The topological polar surface area (TPSA) is 18.5 Å². The Hall–Kier alpha value is -2.98. The summed E-state index contributed by atoms with van der Waals surface area (Å²) >= 11 is 0. The molecule has 2 aliphatic rings. The van der Waals surface area contributed by atoms with Crippen molar-refractivity contribution in [3.05, 3.63) is 90.0 Å². The van der Waals surface area contributed by atoms with E-state index in [1.54, 1.807) is 6.07 Å². The van der Waals surface area contributed by atoms with Crippen molar-refractivity contribution < 1.29 is 18.3 Å². The van der Waals surface area contributed by atoms with Crippen LogP contribution in [0.4, 0.5) is 8.78 Å². The minimum Gasteiger partial charge on any atom is -0.490 e. The molecule has 2 nitrogen and oxygen atoms in total. The number of ether oxygens (including phenoxy) is 2. The summed E-state index contributed by atoms with van der Waals surface area (Å²) in [4.78, 5) is 0. The molecule has 2 atom stereocenters. The molecule has 1 aliphatic carbocycles. The first-order chi connectivity index (χ1) is 19.1. The number of rotatable bonds is 8. The Morgan fingerprint density at radius 3 is 2.03 bits per heavy atom. The van der Waals surface area contributed by atoms with Crippen molar-refractivity contribution in [2.45, 2.75) is 64.9 Å². The van der Waals surface area contributed by atoms with Crippen LogP contribution in [0.25, 0.3) is 22.3 Å². The lowest BCUT2D eigenvalue weighted by Crippen LogP contribution is -2.29. The monoisotopic (exact) mass is 530 g/mol. The van der Waals surface area contributed by atoms with E-state index in [-0.39, 0.29) is 17.4 Å². The third-order valence-electron chi connectivity index (χ3n) is 8.58. The average Bonchev–Trinajstić information content (AvgIpc) is 2.99. The van der Waals surface area contributed by atoms with Gasteiger partial charge >= 0.3 is 0 Å². The van der Waals surface area contributed by atoms with E-state index >= 15 is 0 Å². The van der Waals surface area contributed by atoms with Gasteiger partial charge < -0.3 is 9.47 Å². The van der Waals surface area contributed by atoms with Crippen LogP contribution in [0, 0.1) is 29.4 Å². The molecule has 5 rings (SSSR count). The van der Waals surface area contributed by atoms with E-state index in [4.69, 9.17) is 9.47 Å². The standard InChI is InChI=1S/C35H40F2O2/c1-3-5-24-6-8-27(9-7-24)30-18-20-32(39-23-30)29-16-12-26(13-17-29)25-10-14-28(15-11-25)31-19-21-33(38-22-4-2)35(37)34(31)36/h3,5,10-17,19,21,24,27,30,32H,4,6-9,18,20,22-23H2,1-2H3/b5-3+. The van der Waals surface area contributed by atoms with Gasteiger partial charge in [0.05, 0.1) is 19.3 Å². The molecular formula is C35H40F2O2. The first-order valence-electron chi connectivity index (χ1n) is 14.6. The second kappa shape index (κ2) is 12.9. The zero-order chi connectivity index (χ0) is 27.2. The van der Waals surface area contributed by atoms with E-state index in [2.05, 4.69) is 43.3 Å². The van der Waals surface area contributed by atoms with Gasteiger partial charge in [-0.2, -0.15) is 4.39 Å². The van der Waals surface area contributed by atoms with Gasteiger partial charge in [-0.25, -0.2) is 4.39 Å². The molecule has 39 heavy (non-hydrogen) atoms. The van der Waals surface area contributed by atoms with Crippen molar-refractivity contribution in [3.8, 4) is 28.0 Å². The summed E-state index contributed by atoms with van der Waals surface area (Å²) in [5.41, 5.74) is 4.22. The SMILES string of the molecule is C/C=C/C1CCC(C2CCC(c3ccc(-c4ccc(-c5ccc(OCCC)c(F)c5F)cc4)cc3)OC2)CC1. The van der Waals surface area contributed by atoms with Crippen molar-refractivity contribution in [1.29, 1.82) is 0 Å². The smallest absolute Gasteiger partial charge is 0.201 e. The molecular weight excluding hydrogens is 490 g/mol. The van der Waals surface area contributed by atoms with Crippen molar-refractivity contribution in [1.82, 2.24) is 0 Å².